The molecule has 2 aromatic rings. The van der Waals surface area contributed by atoms with Gasteiger partial charge in [0.1, 0.15) is 15.6 Å². The lowest BCUT2D eigenvalue weighted by Gasteiger charge is -2.07. The highest BCUT2D eigenvalue weighted by atomic mass is 32.1. The van der Waals surface area contributed by atoms with Gasteiger partial charge in [0, 0.05) is 11.6 Å². The van der Waals surface area contributed by atoms with E-state index in [0.29, 0.717) is 11.3 Å². The molecule has 0 spiro atoms. The molecule has 2 rings (SSSR count). The third kappa shape index (κ3) is 5.70. The Kier molecular flexibility index (Phi) is 8.17. The van der Waals surface area contributed by atoms with Crippen LogP contribution in [0.4, 0.5) is 5.00 Å². The number of hydrogen-bond donors (Lipinski definition) is 1. The van der Waals surface area contributed by atoms with Gasteiger partial charge in [0.2, 0.25) is 5.91 Å². The van der Waals surface area contributed by atoms with Crippen LogP contribution >= 0.6 is 11.3 Å². The minimum atomic E-state index is -0.612. The van der Waals surface area contributed by atoms with Crippen LogP contribution < -0.4 is 10.1 Å². The van der Waals surface area contributed by atoms with Gasteiger partial charge in [-0.2, -0.15) is 0 Å². The van der Waals surface area contributed by atoms with Crippen molar-refractivity contribution in [3.05, 3.63) is 51.9 Å². The molecule has 7 nitrogen and oxygen atoms in total. The van der Waals surface area contributed by atoms with Crippen molar-refractivity contribution in [2.45, 2.75) is 33.8 Å². The van der Waals surface area contributed by atoms with Crippen LogP contribution in [-0.4, -0.2) is 37.7 Å². The number of amides is 1. The summed E-state index contributed by atoms with van der Waals surface area (Å²) in [6, 6.07) is 7.25. The number of benzene rings is 1. The van der Waals surface area contributed by atoms with Crippen LogP contribution in [0.2, 0.25) is 0 Å². The van der Waals surface area contributed by atoms with E-state index in [1.54, 1.807) is 46.9 Å². The molecule has 0 aliphatic heterocycles. The summed E-state index contributed by atoms with van der Waals surface area (Å²) in [5.74, 6) is -1.00. The van der Waals surface area contributed by atoms with E-state index in [9.17, 15) is 14.4 Å². The van der Waals surface area contributed by atoms with Gasteiger partial charge in [0.05, 0.1) is 25.4 Å². The van der Waals surface area contributed by atoms with Gasteiger partial charge in [-0.25, -0.2) is 9.59 Å². The number of hydrogen-bond acceptors (Lipinski definition) is 7. The number of nitrogens with one attached hydrogen (secondary N) is 1. The third-order valence-electron chi connectivity index (χ3n) is 3.94. The van der Waals surface area contributed by atoms with Gasteiger partial charge < -0.3 is 19.5 Å². The summed E-state index contributed by atoms with van der Waals surface area (Å²) in [6.07, 6.45) is 2.62. The molecule has 1 amide bonds. The largest absolute Gasteiger partial charge is 0.496 e. The molecule has 0 aliphatic rings. The zero-order chi connectivity index (χ0) is 22.3. The fraction of sp³-hybridized carbons (Fsp3) is 0.318. The molecule has 0 atom stereocenters. The molecule has 0 fully saturated rings. The van der Waals surface area contributed by atoms with Crippen molar-refractivity contribution in [1.82, 2.24) is 0 Å². The number of esters is 2. The summed E-state index contributed by atoms with van der Waals surface area (Å²) >= 11 is 0.982. The van der Waals surface area contributed by atoms with Crippen molar-refractivity contribution in [2.24, 2.45) is 0 Å². The van der Waals surface area contributed by atoms with Crippen LogP contribution in [0.5, 0.6) is 5.75 Å². The molecule has 160 valence electrons. The number of thiophene rings is 1. The normalized spacial score (nSPS) is 10.9. The molecule has 0 unspecified atom stereocenters. The van der Waals surface area contributed by atoms with E-state index < -0.39 is 17.8 Å². The Balaban J connectivity index is 2.32. The van der Waals surface area contributed by atoms with Crippen molar-refractivity contribution in [3.8, 4) is 5.75 Å². The van der Waals surface area contributed by atoms with Gasteiger partial charge in [-0.3, -0.25) is 4.79 Å². The minimum absolute atomic E-state index is 0.150. The minimum Gasteiger partial charge on any atom is -0.496 e. The number of methoxy groups -OCH3 is 1. The molecular weight excluding hydrogens is 406 g/mol. The smallest absolute Gasteiger partial charge is 0.348 e. The number of anilines is 1. The molecule has 1 N–H and O–H groups in total. The SMILES string of the molecule is CCOC(=O)c1c(NC(=O)C=Cc2ccccc2OC)sc(C(=O)OC(C)C)c1C. The number of ether oxygens (including phenoxy) is 3. The summed E-state index contributed by atoms with van der Waals surface area (Å²) in [6.45, 7) is 6.94. The van der Waals surface area contributed by atoms with E-state index in [1.165, 1.54) is 6.08 Å². The summed E-state index contributed by atoms with van der Waals surface area (Å²) in [5, 5.41) is 2.90. The first-order valence-electron chi connectivity index (χ1n) is 9.42. The monoisotopic (exact) mass is 431 g/mol. The maximum Gasteiger partial charge on any atom is 0.348 e. The molecule has 1 aromatic carbocycles. The highest BCUT2D eigenvalue weighted by Gasteiger charge is 2.27. The Morgan fingerprint density at radius 3 is 2.50 bits per heavy atom. The van der Waals surface area contributed by atoms with E-state index in [2.05, 4.69) is 5.32 Å². The van der Waals surface area contributed by atoms with Crippen LogP contribution in [0.25, 0.3) is 6.08 Å². The van der Waals surface area contributed by atoms with Crippen molar-refractivity contribution < 1.29 is 28.6 Å². The van der Waals surface area contributed by atoms with E-state index >= 15 is 0 Å². The average Bonchev–Trinajstić information content (AvgIpc) is 3.02. The van der Waals surface area contributed by atoms with Gasteiger partial charge in [-0.15, -0.1) is 11.3 Å². The molecule has 8 heteroatoms. The molecule has 0 saturated carbocycles. The molecular formula is C22H25NO6S. The lowest BCUT2D eigenvalue weighted by molar-refractivity contribution is -0.111. The van der Waals surface area contributed by atoms with Crippen molar-refractivity contribution >= 4 is 40.3 Å². The fourth-order valence-electron chi connectivity index (χ4n) is 2.64. The van der Waals surface area contributed by atoms with Gasteiger partial charge in [-0.05, 0) is 45.4 Å². The molecule has 0 radical (unpaired) electrons. The second kappa shape index (κ2) is 10.6. The van der Waals surface area contributed by atoms with Gasteiger partial charge in [0.25, 0.3) is 0 Å². The molecule has 0 aliphatic carbocycles. The first-order valence-corrected chi connectivity index (χ1v) is 10.2. The first kappa shape index (κ1) is 23.2. The Morgan fingerprint density at radius 1 is 1.17 bits per heavy atom. The van der Waals surface area contributed by atoms with Crippen LogP contribution in [0, 0.1) is 6.92 Å². The molecule has 1 heterocycles. The molecule has 0 saturated heterocycles. The molecule has 0 bridgehead atoms. The van der Waals surface area contributed by atoms with Gasteiger partial charge in [0.15, 0.2) is 0 Å². The summed E-state index contributed by atoms with van der Waals surface area (Å²) < 4.78 is 15.6. The summed E-state index contributed by atoms with van der Waals surface area (Å²) in [7, 11) is 1.55. The summed E-state index contributed by atoms with van der Waals surface area (Å²) in [4.78, 5) is 37.6. The van der Waals surface area contributed by atoms with Crippen molar-refractivity contribution in [2.75, 3.05) is 19.0 Å². The Bertz CT molecular complexity index is 961. The number of carbonyl (C=O) groups excluding carboxylic acids is 3. The molecule has 1 aromatic heterocycles. The quantitative estimate of drug-likeness (QED) is 0.490. The zero-order valence-electron chi connectivity index (χ0n) is 17.6. The topological polar surface area (TPSA) is 90.9 Å². The second-order valence-corrected chi connectivity index (χ2v) is 7.52. The highest BCUT2D eigenvalue weighted by Crippen LogP contribution is 2.34. The van der Waals surface area contributed by atoms with Crippen LogP contribution in [0.3, 0.4) is 0 Å². The first-order chi connectivity index (χ1) is 14.3. The van der Waals surface area contributed by atoms with E-state index in [1.807, 2.05) is 18.2 Å². The van der Waals surface area contributed by atoms with Crippen LogP contribution in [-0.2, 0) is 14.3 Å². The van der Waals surface area contributed by atoms with Crippen molar-refractivity contribution in [1.29, 1.82) is 0 Å². The maximum atomic E-state index is 12.5. The van der Waals surface area contributed by atoms with E-state index in [-0.39, 0.29) is 28.2 Å². The number of carbonyl (C=O) groups is 3. The van der Waals surface area contributed by atoms with Crippen molar-refractivity contribution in [3.63, 3.8) is 0 Å². The Hall–Kier alpha value is -3.13. The Morgan fingerprint density at radius 2 is 1.87 bits per heavy atom. The maximum absolute atomic E-state index is 12.5. The second-order valence-electron chi connectivity index (χ2n) is 6.50. The average molecular weight is 432 g/mol. The van der Waals surface area contributed by atoms with Gasteiger partial charge >= 0.3 is 11.9 Å². The van der Waals surface area contributed by atoms with Crippen LogP contribution in [0.15, 0.2) is 30.3 Å². The standard InChI is InChI=1S/C22H25NO6S/c1-6-28-21(25)18-14(4)19(22(26)29-13(2)3)30-20(18)23-17(24)12-11-15-9-7-8-10-16(15)27-5/h7-13H,6H2,1-5H3,(H,23,24). The third-order valence-corrected chi connectivity index (χ3v) is 5.13. The lowest BCUT2D eigenvalue weighted by Crippen LogP contribution is -2.13. The fourth-order valence-corrected chi connectivity index (χ4v) is 3.72. The highest BCUT2D eigenvalue weighted by molar-refractivity contribution is 7.18. The molecule has 30 heavy (non-hydrogen) atoms. The summed E-state index contributed by atoms with van der Waals surface area (Å²) in [5.41, 5.74) is 1.29. The van der Waals surface area contributed by atoms with Crippen LogP contribution in [0.1, 0.15) is 51.9 Å². The lowest BCUT2D eigenvalue weighted by atomic mass is 10.1. The van der Waals surface area contributed by atoms with E-state index in [4.69, 9.17) is 14.2 Å². The van der Waals surface area contributed by atoms with E-state index in [0.717, 1.165) is 16.9 Å². The number of para-hydroxylation sites is 1. The predicted octanol–water partition coefficient (Wildman–Crippen LogP) is 4.46. The number of rotatable bonds is 8. The van der Waals surface area contributed by atoms with Gasteiger partial charge in [-0.1, -0.05) is 18.2 Å². The predicted molar refractivity (Wildman–Crippen MR) is 116 cm³/mol. The zero-order valence-corrected chi connectivity index (χ0v) is 18.4. The Labute approximate surface area is 179 Å².